The fourth-order valence-electron chi connectivity index (χ4n) is 3.06. The third kappa shape index (κ3) is 4.27. The molecule has 0 aromatic heterocycles. The quantitative estimate of drug-likeness (QED) is 0.606. The number of hydrogen-bond donors (Lipinski definition) is 1. The largest absolute Gasteiger partial charge is 0.431 e. The maximum Gasteiger partial charge on any atom is 0.431 e. The number of nitro benzene ring substituents is 1. The molecule has 0 unspecified atom stereocenters. The molecule has 10 heteroatoms. The van der Waals surface area contributed by atoms with E-state index in [0.29, 0.717) is 5.01 Å². The summed E-state index contributed by atoms with van der Waals surface area (Å²) in [6.07, 6.45) is -5.84. The zero-order chi connectivity index (χ0) is 21.2. The van der Waals surface area contributed by atoms with Crippen LogP contribution in [0.1, 0.15) is 24.0 Å². The molecule has 2 aromatic rings. The highest BCUT2D eigenvalue weighted by atomic mass is 19.4. The van der Waals surface area contributed by atoms with Gasteiger partial charge in [-0.05, 0) is 12.0 Å². The lowest BCUT2D eigenvalue weighted by molar-refractivity contribution is -0.385. The number of nitrogens with zero attached hydrogens (tertiary/aromatic N) is 3. The molecule has 0 saturated carbocycles. The van der Waals surface area contributed by atoms with Gasteiger partial charge in [0.1, 0.15) is 5.71 Å². The molecule has 1 N–H and O–H groups in total. The SMILES string of the molecule is O=C(CCc1ccccc1)N1N=C(C(F)(F)F)C[C@@]1(O)c1cccc([N+](=O)[O-])c1. The fraction of sp³-hybridized carbons (Fsp3) is 0.263. The van der Waals surface area contributed by atoms with Gasteiger partial charge >= 0.3 is 6.18 Å². The predicted octanol–water partition coefficient (Wildman–Crippen LogP) is 3.52. The van der Waals surface area contributed by atoms with Crippen LogP contribution in [0.2, 0.25) is 0 Å². The number of carbonyl (C=O) groups is 1. The highest BCUT2D eigenvalue weighted by Crippen LogP contribution is 2.40. The molecule has 7 nitrogen and oxygen atoms in total. The number of benzene rings is 2. The lowest BCUT2D eigenvalue weighted by atomic mass is 9.96. The standard InChI is InChI=1S/C19H16F3N3O4/c20-19(21,22)16-12-18(27,14-7-4-8-15(11-14)25(28)29)24(23-16)17(26)10-9-13-5-2-1-3-6-13/h1-8,11,27H,9-10,12H2/t18-/m1/s1. The molecule has 0 saturated heterocycles. The van der Waals surface area contributed by atoms with Crippen molar-refractivity contribution < 1.29 is 28.0 Å². The number of nitro groups is 1. The average molecular weight is 407 g/mol. The van der Waals surface area contributed by atoms with E-state index in [2.05, 4.69) is 5.10 Å². The van der Waals surface area contributed by atoms with E-state index >= 15 is 0 Å². The van der Waals surface area contributed by atoms with Gasteiger partial charge in [0.05, 0.1) is 11.3 Å². The number of hydrazone groups is 1. The van der Waals surface area contributed by atoms with Crippen LogP contribution in [0.4, 0.5) is 18.9 Å². The van der Waals surface area contributed by atoms with Gasteiger partial charge in [-0.15, -0.1) is 0 Å². The van der Waals surface area contributed by atoms with Crippen LogP contribution in [-0.2, 0) is 16.9 Å². The summed E-state index contributed by atoms with van der Waals surface area (Å²) in [5, 5.41) is 25.7. The second-order valence-corrected chi connectivity index (χ2v) is 6.54. The molecule has 1 aliphatic rings. The first kappa shape index (κ1) is 20.5. The summed E-state index contributed by atoms with van der Waals surface area (Å²) < 4.78 is 39.7. The molecule has 0 bridgehead atoms. The molecule has 0 radical (unpaired) electrons. The van der Waals surface area contributed by atoms with Gasteiger partial charge in [0.25, 0.3) is 5.69 Å². The van der Waals surface area contributed by atoms with E-state index in [0.717, 1.165) is 17.7 Å². The molecule has 1 heterocycles. The molecule has 1 aliphatic heterocycles. The summed E-state index contributed by atoms with van der Waals surface area (Å²) in [6, 6.07) is 13.3. The minimum Gasteiger partial charge on any atom is -0.365 e. The van der Waals surface area contributed by atoms with Gasteiger partial charge in [-0.3, -0.25) is 14.9 Å². The van der Waals surface area contributed by atoms with E-state index in [1.807, 2.05) is 0 Å². The summed E-state index contributed by atoms with van der Waals surface area (Å²) >= 11 is 0. The molecular formula is C19H16F3N3O4. The Labute approximate surface area is 163 Å². The third-order valence-electron chi connectivity index (χ3n) is 4.54. The minimum absolute atomic E-state index is 0.199. The van der Waals surface area contributed by atoms with Crippen molar-refractivity contribution in [2.45, 2.75) is 31.2 Å². The van der Waals surface area contributed by atoms with E-state index < -0.39 is 40.6 Å². The highest BCUT2D eigenvalue weighted by molar-refractivity contribution is 5.94. The summed E-state index contributed by atoms with van der Waals surface area (Å²) in [7, 11) is 0. The highest BCUT2D eigenvalue weighted by Gasteiger charge is 2.53. The van der Waals surface area contributed by atoms with Crippen LogP contribution in [0.3, 0.4) is 0 Å². The van der Waals surface area contributed by atoms with Crippen molar-refractivity contribution in [1.82, 2.24) is 5.01 Å². The van der Waals surface area contributed by atoms with Crippen LogP contribution in [0, 0.1) is 10.1 Å². The number of rotatable bonds is 5. The Morgan fingerprint density at radius 3 is 2.52 bits per heavy atom. The van der Waals surface area contributed by atoms with Crippen LogP contribution < -0.4 is 0 Å². The zero-order valence-electron chi connectivity index (χ0n) is 15.0. The predicted molar refractivity (Wildman–Crippen MR) is 96.7 cm³/mol. The van der Waals surface area contributed by atoms with Crippen LogP contribution >= 0.6 is 0 Å². The maximum atomic E-state index is 13.2. The molecule has 1 atom stereocenters. The smallest absolute Gasteiger partial charge is 0.365 e. The topological polar surface area (TPSA) is 96.0 Å². The molecule has 0 aliphatic carbocycles. The Kier molecular flexibility index (Phi) is 5.38. The van der Waals surface area contributed by atoms with Crippen molar-refractivity contribution in [2.75, 3.05) is 0 Å². The van der Waals surface area contributed by atoms with E-state index in [1.165, 1.54) is 12.1 Å². The van der Waals surface area contributed by atoms with Crippen molar-refractivity contribution in [2.24, 2.45) is 5.10 Å². The average Bonchev–Trinajstić information content (AvgIpc) is 3.06. The second kappa shape index (κ2) is 7.63. The summed E-state index contributed by atoms with van der Waals surface area (Å²) in [4.78, 5) is 22.9. The van der Waals surface area contributed by atoms with Crippen LogP contribution in [-0.4, -0.2) is 32.8 Å². The van der Waals surface area contributed by atoms with Gasteiger partial charge in [-0.25, -0.2) is 0 Å². The summed E-state index contributed by atoms with van der Waals surface area (Å²) in [6.45, 7) is 0. The van der Waals surface area contributed by atoms with Gasteiger partial charge in [-0.1, -0.05) is 42.5 Å². The fourth-order valence-corrected chi connectivity index (χ4v) is 3.06. The number of aliphatic hydroxyl groups is 1. The number of aryl methyl sites for hydroxylation is 1. The molecule has 1 amide bonds. The first-order chi connectivity index (χ1) is 13.6. The Balaban J connectivity index is 1.93. The molecular weight excluding hydrogens is 391 g/mol. The van der Waals surface area contributed by atoms with Crippen molar-refractivity contribution >= 4 is 17.3 Å². The summed E-state index contributed by atoms with van der Waals surface area (Å²) in [5.74, 6) is -0.831. The van der Waals surface area contributed by atoms with Crippen molar-refractivity contribution in [3.8, 4) is 0 Å². The van der Waals surface area contributed by atoms with Gasteiger partial charge < -0.3 is 5.11 Å². The van der Waals surface area contributed by atoms with Gasteiger partial charge in [0.15, 0.2) is 5.72 Å². The molecule has 29 heavy (non-hydrogen) atoms. The Morgan fingerprint density at radius 2 is 1.90 bits per heavy atom. The van der Waals surface area contributed by atoms with E-state index in [1.54, 1.807) is 30.3 Å². The maximum absolute atomic E-state index is 13.2. The van der Waals surface area contributed by atoms with Gasteiger partial charge in [0.2, 0.25) is 5.91 Å². The normalized spacial score (nSPS) is 19.2. The number of hydrogen-bond acceptors (Lipinski definition) is 5. The molecule has 0 spiro atoms. The van der Waals surface area contributed by atoms with Crippen molar-refractivity contribution in [3.05, 3.63) is 75.8 Å². The second-order valence-electron chi connectivity index (χ2n) is 6.54. The van der Waals surface area contributed by atoms with E-state index in [-0.39, 0.29) is 18.4 Å². The number of amides is 1. The molecule has 3 rings (SSSR count). The number of carbonyl (C=O) groups excluding carboxylic acids is 1. The van der Waals surface area contributed by atoms with Gasteiger partial charge in [0, 0.05) is 24.1 Å². The Hall–Kier alpha value is -3.27. The Bertz CT molecular complexity index is 963. The van der Waals surface area contributed by atoms with Crippen molar-refractivity contribution in [3.63, 3.8) is 0 Å². The monoisotopic (exact) mass is 407 g/mol. The number of alkyl halides is 3. The summed E-state index contributed by atoms with van der Waals surface area (Å²) in [5.41, 5.74) is -3.65. The van der Waals surface area contributed by atoms with E-state index in [9.17, 15) is 33.2 Å². The first-order valence-corrected chi connectivity index (χ1v) is 8.60. The Morgan fingerprint density at radius 1 is 1.21 bits per heavy atom. The third-order valence-corrected chi connectivity index (χ3v) is 4.54. The van der Waals surface area contributed by atoms with Crippen LogP contribution in [0.25, 0.3) is 0 Å². The zero-order valence-corrected chi connectivity index (χ0v) is 15.0. The van der Waals surface area contributed by atoms with Crippen LogP contribution in [0.5, 0.6) is 0 Å². The molecule has 152 valence electrons. The molecule has 2 aromatic carbocycles. The van der Waals surface area contributed by atoms with Crippen molar-refractivity contribution in [1.29, 1.82) is 0 Å². The number of halogens is 3. The lowest BCUT2D eigenvalue weighted by Crippen LogP contribution is -2.43. The first-order valence-electron chi connectivity index (χ1n) is 8.60. The molecule has 0 fully saturated rings. The number of non-ortho nitro benzene ring substituents is 1. The van der Waals surface area contributed by atoms with Gasteiger partial charge in [-0.2, -0.15) is 23.3 Å². The van der Waals surface area contributed by atoms with E-state index in [4.69, 9.17) is 0 Å². The van der Waals surface area contributed by atoms with Crippen LogP contribution in [0.15, 0.2) is 59.7 Å². The minimum atomic E-state index is -4.86. The lowest BCUT2D eigenvalue weighted by Gasteiger charge is -2.31.